The summed E-state index contributed by atoms with van der Waals surface area (Å²) in [6, 6.07) is 7.10. The van der Waals surface area contributed by atoms with Gasteiger partial charge in [0.05, 0.1) is 0 Å². The Bertz CT molecular complexity index is 628. The molecule has 0 aliphatic heterocycles. The highest BCUT2D eigenvalue weighted by atomic mass is 19.2. The molecule has 2 aromatic carbocycles. The van der Waals surface area contributed by atoms with Gasteiger partial charge in [-0.3, -0.25) is 4.79 Å². The normalized spacial score (nSPS) is 10.4. The van der Waals surface area contributed by atoms with Crippen LogP contribution in [0.2, 0.25) is 0 Å². The van der Waals surface area contributed by atoms with E-state index in [1.54, 1.807) is 12.1 Å². The van der Waals surface area contributed by atoms with Gasteiger partial charge in [0, 0.05) is 5.56 Å². The van der Waals surface area contributed by atoms with Crippen molar-refractivity contribution in [2.75, 3.05) is 0 Å². The SMILES string of the molecule is Cc1cc(C=O)cc(C)c1OCc1ccc(F)c(F)c1. The molecule has 0 N–H and O–H groups in total. The van der Waals surface area contributed by atoms with Gasteiger partial charge in [-0.2, -0.15) is 0 Å². The van der Waals surface area contributed by atoms with Gasteiger partial charge in [0.2, 0.25) is 0 Å². The number of carbonyl (C=O) groups is 1. The Morgan fingerprint density at radius 1 is 1.05 bits per heavy atom. The standard InChI is InChI=1S/C16H14F2O2/c1-10-5-13(8-19)6-11(2)16(10)20-9-12-3-4-14(17)15(18)7-12/h3-8H,9H2,1-2H3. The molecule has 0 bridgehead atoms. The van der Waals surface area contributed by atoms with Gasteiger partial charge in [-0.15, -0.1) is 0 Å². The number of hydrogen-bond donors (Lipinski definition) is 0. The molecule has 0 heterocycles. The summed E-state index contributed by atoms with van der Waals surface area (Å²) < 4.78 is 31.6. The first kappa shape index (κ1) is 14.2. The molecule has 0 spiro atoms. The molecule has 0 fully saturated rings. The Morgan fingerprint density at radius 3 is 2.25 bits per heavy atom. The van der Waals surface area contributed by atoms with Gasteiger partial charge in [0.1, 0.15) is 18.6 Å². The van der Waals surface area contributed by atoms with Crippen LogP contribution in [0.4, 0.5) is 8.78 Å². The van der Waals surface area contributed by atoms with Crippen LogP contribution in [0.15, 0.2) is 30.3 Å². The summed E-state index contributed by atoms with van der Waals surface area (Å²) in [7, 11) is 0. The van der Waals surface area contributed by atoms with Crippen LogP contribution in [0.25, 0.3) is 0 Å². The Kier molecular flexibility index (Phi) is 4.13. The predicted octanol–water partition coefficient (Wildman–Crippen LogP) is 3.97. The Labute approximate surface area is 116 Å². The van der Waals surface area contributed by atoms with E-state index in [2.05, 4.69) is 0 Å². The molecule has 2 nitrogen and oxygen atoms in total. The fourth-order valence-corrected chi connectivity index (χ4v) is 2.06. The molecule has 20 heavy (non-hydrogen) atoms. The van der Waals surface area contributed by atoms with Gasteiger partial charge in [0.25, 0.3) is 0 Å². The van der Waals surface area contributed by atoms with Crippen molar-refractivity contribution in [2.24, 2.45) is 0 Å². The molecule has 0 unspecified atom stereocenters. The van der Waals surface area contributed by atoms with Gasteiger partial charge in [-0.1, -0.05) is 6.07 Å². The molecule has 0 aliphatic rings. The Morgan fingerprint density at radius 2 is 1.70 bits per heavy atom. The van der Waals surface area contributed by atoms with Gasteiger partial charge in [0.15, 0.2) is 11.6 Å². The topological polar surface area (TPSA) is 26.3 Å². The van der Waals surface area contributed by atoms with E-state index >= 15 is 0 Å². The minimum absolute atomic E-state index is 0.138. The van der Waals surface area contributed by atoms with Gasteiger partial charge < -0.3 is 4.74 Å². The maximum Gasteiger partial charge on any atom is 0.159 e. The second-order valence-electron chi connectivity index (χ2n) is 4.64. The first-order valence-corrected chi connectivity index (χ1v) is 6.14. The molecule has 0 amide bonds. The molecule has 2 rings (SSSR count). The first-order chi connectivity index (χ1) is 9.51. The zero-order chi connectivity index (χ0) is 14.7. The summed E-state index contributed by atoms with van der Waals surface area (Å²) in [5, 5.41) is 0. The van der Waals surface area contributed by atoms with Crippen molar-refractivity contribution < 1.29 is 18.3 Å². The zero-order valence-corrected chi connectivity index (χ0v) is 11.2. The minimum atomic E-state index is -0.893. The highest BCUT2D eigenvalue weighted by Gasteiger charge is 2.08. The number of aldehydes is 1. The van der Waals surface area contributed by atoms with Crippen LogP contribution in [0.5, 0.6) is 5.75 Å². The minimum Gasteiger partial charge on any atom is -0.488 e. The van der Waals surface area contributed by atoms with Crippen LogP contribution in [0.3, 0.4) is 0 Å². The fourth-order valence-electron chi connectivity index (χ4n) is 2.06. The highest BCUT2D eigenvalue weighted by molar-refractivity contribution is 5.76. The smallest absolute Gasteiger partial charge is 0.159 e. The molecule has 0 saturated carbocycles. The Balaban J connectivity index is 2.18. The van der Waals surface area contributed by atoms with E-state index in [4.69, 9.17) is 4.74 Å². The molecule has 104 valence electrons. The van der Waals surface area contributed by atoms with E-state index < -0.39 is 11.6 Å². The highest BCUT2D eigenvalue weighted by Crippen LogP contribution is 2.25. The summed E-state index contributed by atoms with van der Waals surface area (Å²) in [5.41, 5.74) is 2.78. The van der Waals surface area contributed by atoms with Gasteiger partial charge in [-0.05, 0) is 54.8 Å². The number of hydrogen-bond acceptors (Lipinski definition) is 2. The largest absolute Gasteiger partial charge is 0.488 e. The van der Waals surface area contributed by atoms with E-state index in [1.165, 1.54) is 6.07 Å². The van der Waals surface area contributed by atoms with Crippen molar-refractivity contribution >= 4 is 6.29 Å². The summed E-state index contributed by atoms with van der Waals surface area (Å²) in [4.78, 5) is 10.8. The van der Waals surface area contributed by atoms with Gasteiger partial charge in [-0.25, -0.2) is 8.78 Å². The first-order valence-electron chi connectivity index (χ1n) is 6.14. The van der Waals surface area contributed by atoms with Crippen LogP contribution in [-0.4, -0.2) is 6.29 Å². The second kappa shape index (κ2) is 5.82. The summed E-state index contributed by atoms with van der Waals surface area (Å²) in [6.45, 7) is 3.81. The third-order valence-corrected chi connectivity index (χ3v) is 2.99. The van der Waals surface area contributed by atoms with Crippen LogP contribution in [-0.2, 0) is 6.61 Å². The third-order valence-electron chi connectivity index (χ3n) is 2.99. The van der Waals surface area contributed by atoms with Crippen molar-refractivity contribution in [2.45, 2.75) is 20.5 Å². The van der Waals surface area contributed by atoms with E-state index in [9.17, 15) is 13.6 Å². The van der Waals surface area contributed by atoms with Crippen LogP contribution >= 0.6 is 0 Å². The van der Waals surface area contributed by atoms with E-state index in [0.717, 1.165) is 29.5 Å². The molecule has 0 aromatic heterocycles. The zero-order valence-electron chi connectivity index (χ0n) is 11.2. The molecular weight excluding hydrogens is 262 g/mol. The van der Waals surface area contributed by atoms with Crippen molar-refractivity contribution in [3.63, 3.8) is 0 Å². The molecule has 4 heteroatoms. The second-order valence-corrected chi connectivity index (χ2v) is 4.64. The molecule has 2 aromatic rings. The van der Waals surface area contributed by atoms with Crippen LogP contribution < -0.4 is 4.74 Å². The molecule has 0 radical (unpaired) electrons. The van der Waals surface area contributed by atoms with Crippen molar-refractivity contribution in [3.8, 4) is 5.75 Å². The van der Waals surface area contributed by atoms with Crippen molar-refractivity contribution in [3.05, 3.63) is 64.2 Å². The average molecular weight is 276 g/mol. The molecule has 0 aliphatic carbocycles. The molecular formula is C16H14F2O2. The van der Waals surface area contributed by atoms with Crippen molar-refractivity contribution in [1.82, 2.24) is 0 Å². The number of halogens is 2. The number of aryl methyl sites for hydroxylation is 2. The van der Waals surface area contributed by atoms with Gasteiger partial charge >= 0.3 is 0 Å². The maximum atomic E-state index is 13.1. The summed E-state index contributed by atoms with van der Waals surface area (Å²) in [6.07, 6.45) is 0.777. The lowest BCUT2D eigenvalue weighted by atomic mass is 10.1. The quantitative estimate of drug-likeness (QED) is 0.790. The lowest BCUT2D eigenvalue weighted by Gasteiger charge is -2.13. The average Bonchev–Trinajstić information content (AvgIpc) is 2.41. The number of rotatable bonds is 4. The summed E-state index contributed by atoms with van der Waals surface area (Å²) >= 11 is 0. The number of benzene rings is 2. The van der Waals surface area contributed by atoms with E-state index in [1.807, 2.05) is 13.8 Å². The maximum absolute atomic E-state index is 13.1. The Hall–Kier alpha value is -2.23. The number of carbonyl (C=O) groups excluding carboxylic acids is 1. The van der Waals surface area contributed by atoms with E-state index in [0.29, 0.717) is 16.9 Å². The van der Waals surface area contributed by atoms with Crippen LogP contribution in [0.1, 0.15) is 27.0 Å². The lowest BCUT2D eigenvalue weighted by molar-refractivity contribution is 0.112. The third kappa shape index (κ3) is 3.02. The monoisotopic (exact) mass is 276 g/mol. The van der Waals surface area contributed by atoms with Crippen molar-refractivity contribution in [1.29, 1.82) is 0 Å². The molecule has 0 atom stereocenters. The molecule has 0 saturated heterocycles. The predicted molar refractivity (Wildman–Crippen MR) is 72.0 cm³/mol. The summed E-state index contributed by atoms with van der Waals surface area (Å²) in [5.74, 6) is -1.12. The number of ether oxygens (including phenoxy) is 1. The fraction of sp³-hybridized carbons (Fsp3) is 0.188. The van der Waals surface area contributed by atoms with Crippen LogP contribution in [0, 0.1) is 25.5 Å². The van der Waals surface area contributed by atoms with E-state index in [-0.39, 0.29) is 6.61 Å². The lowest BCUT2D eigenvalue weighted by Crippen LogP contribution is -2.01.